The largest absolute Gasteiger partial charge is 0.315 e. The Hall–Kier alpha value is -2.32. The van der Waals surface area contributed by atoms with Crippen LogP contribution in [-0.2, 0) is 0 Å². The minimum absolute atomic E-state index is 0.542. The highest BCUT2D eigenvalue weighted by atomic mass is 16.3. The number of hydrogen-bond acceptors (Lipinski definition) is 8. The van der Waals surface area contributed by atoms with Gasteiger partial charge in [-0.3, -0.25) is 0 Å². The number of aromatic nitrogens is 1. The molecule has 13 heavy (non-hydrogen) atoms. The first kappa shape index (κ1) is 8.77. The van der Waals surface area contributed by atoms with E-state index in [1.54, 1.807) is 0 Å². The fourth-order valence-electron chi connectivity index (χ4n) is 0.760. The van der Waals surface area contributed by atoms with Crippen LogP contribution < -0.4 is 0 Å². The average Bonchev–Trinajstić information content (AvgIpc) is 2.54. The van der Waals surface area contributed by atoms with Crippen molar-refractivity contribution in [1.82, 2.24) is 4.98 Å². The van der Waals surface area contributed by atoms with Crippen LogP contribution in [0.1, 0.15) is 0 Å². The van der Waals surface area contributed by atoms with Crippen molar-refractivity contribution in [3.63, 3.8) is 0 Å². The van der Waals surface area contributed by atoms with Crippen molar-refractivity contribution in [3.8, 4) is 0 Å². The monoisotopic (exact) mass is 183 g/mol. The Bertz CT molecular complexity index is 348. The summed E-state index contributed by atoms with van der Waals surface area (Å²) in [6.45, 7) is 0. The molecule has 1 rings (SSSR count). The molecule has 0 bridgehead atoms. The summed E-state index contributed by atoms with van der Waals surface area (Å²) in [5.74, 6) is -1.08. The van der Waals surface area contributed by atoms with Crippen molar-refractivity contribution in [1.29, 1.82) is 0 Å². The van der Waals surface area contributed by atoms with E-state index in [0.717, 1.165) is 0 Å². The molecule has 1 heterocycles. The van der Waals surface area contributed by atoms with Crippen molar-refractivity contribution in [3.05, 3.63) is 19.6 Å². The molecule has 0 fully saturated rings. The highest BCUT2D eigenvalue weighted by Gasteiger charge is 2.20. The third-order valence-corrected chi connectivity index (χ3v) is 1.27. The van der Waals surface area contributed by atoms with Crippen LogP contribution >= 0.6 is 0 Å². The summed E-state index contributed by atoms with van der Waals surface area (Å²) < 4.78 is 0. The van der Waals surface area contributed by atoms with Crippen LogP contribution in [0.4, 0.5) is 23.0 Å². The summed E-state index contributed by atoms with van der Waals surface area (Å²) >= 11 is 0. The van der Waals surface area contributed by atoms with Gasteiger partial charge in [-0.25, -0.2) is 0 Å². The SMILES string of the molecule is O=Nc1[nH]c(N=O)c(N=O)c1N=O. The second-order valence-corrected chi connectivity index (χ2v) is 1.88. The Morgan fingerprint density at radius 3 is 1.31 bits per heavy atom. The van der Waals surface area contributed by atoms with E-state index in [0.29, 0.717) is 0 Å². The van der Waals surface area contributed by atoms with Gasteiger partial charge in [0.15, 0.2) is 11.4 Å². The van der Waals surface area contributed by atoms with Crippen LogP contribution in [0.2, 0.25) is 0 Å². The van der Waals surface area contributed by atoms with Gasteiger partial charge in [0.2, 0.25) is 11.6 Å². The topological polar surface area (TPSA) is 134 Å². The van der Waals surface area contributed by atoms with Gasteiger partial charge in [0.05, 0.1) is 0 Å². The maximum atomic E-state index is 10.1. The van der Waals surface area contributed by atoms with E-state index in [4.69, 9.17) is 0 Å². The molecule has 0 aliphatic carbocycles. The maximum absolute atomic E-state index is 10.1. The fraction of sp³-hybridized carbons (Fsp3) is 0. The molecule has 0 aliphatic heterocycles. The molecule has 0 aromatic carbocycles. The molecule has 0 saturated heterocycles. The number of aromatic amines is 1. The number of nitrogens with one attached hydrogen (secondary N) is 1. The fourth-order valence-corrected chi connectivity index (χ4v) is 0.760. The van der Waals surface area contributed by atoms with Gasteiger partial charge < -0.3 is 4.98 Å². The second-order valence-electron chi connectivity index (χ2n) is 1.88. The zero-order chi connectivity index (χ0) is 9.84. The van der Waals surface area contributed by atoms with Crippen LogP contribution in [0, 0.1) is 19.6 Å². The molecule has 0 radical (unpaired) electrons. The normalized spacial score (nSPS) is 9.23. The summed E-state index contributed by atoms with van der Waals surface area (Å²) in [6.07, 6.45) is 0. The second kappa shape index (κ2) is 3.38. The van der Waals surface area contributed by atoms with Crippen molar-refractivity contribution in [2.45, 2.75) is 0 Å². The predicted octanol–water partition coefficient (Wildman–Crippen LogP) is 2.61. The molecular weight excluding hydrogens is 182 g/mol. The minimum Gasteiger partial charge on any atom is -0.315 e. The summed E-state index contributed by atoms with van der Waals surface area (Å²) in [4.78, 5) is 42.2. The lowest BCUT2D eigenvalue weighted by Gasteiger charge is -1.80. The van der Waals surface area contributed by atoms with Gasteiger partial charge in [0, 0.05) is 0 Å². The Morgan fingerprint density at radius 1 is 0.692 bits per heavy atom. The van der Waals surface area contributed by atoms with Crippen molar-refractivity contribution < 1.29 is 0 Å². The lowest BCUT2D eigenvalue weighted by Crippen LogP contribution is -1.58. The molecule has 1 N–H and O–H groups in total. The van der Waals surface area contributed by atoms with Crippen LogP contribution in [0.25, 0.3) is 0 Å². The first-order valence-corrected chi connectivity index (χ1v) is 2.87. The molecule has 0 amide bonds. The van der Waals surface area contributed by atoms with Gasteiger partial charge in [-0.1, -0.05) is 0 Å². The highest BCUT2D eigenvalue weighted by Crippen LogP contribution is 2.44. The molecule has 0 spiro atoms. The molecule has 9 nitrogen and oxygen atoms in total. The average molecular weight is 183 g/mol. The third-order valence-electron chi connectivity index (χ3n) is 1.27. The highest BCUT2D eigenvalue weighted by molar-refractivity contribution is 5.82. The zero-order valence-corrected chi connectivity index (χ0v) is 5.92. The number of H-pyrrole nitrogens is 1. The van der Waals surface area contributed by atoms with E-state index in [9.17, 15) is 19.6 Å². The quantitative estimate of drug-likeness (QED) is 0.717. The summed E-state index contributed by atoms with van der Waals surface area (Å²) in [7, 11) is 0. The standard InChI is InChI=1S/C4HN5O4/c10-6-1-2(7-11)4(9-13)5-3(1)8-12/h5H. The van der Waals surface area contributed by atoms with Gasteiger partial charge in [-0.05, 0) is 20.7 Å². The molecular formula is C4HN5O4. The van der Waals surface area contributed by atoms with Gasteiger partial charge in [-0.15, -0.1) is 19.6 Å². The van der Waals surface area contributed by atoms with Crippen molar-refractivity contribution >= 4 is 23.0 Å². The predicted molar refractivity (Wildman–Crippen MR) is 42.6 cm³/mol. The Morgan fingerprint density at radius 2 is 1.08 bits per heavy atom. The van der Waals surface area contributed by atoms with E-state index in [2.05, 4.69) is 20.7 Å². The van der Waals surface area contributed by atoms with E-state index in [1.165, 1.54) is 0 Å². The van der Waals surface area contributed by atoms with Crippen molar-refractivity contribution in [2.75, 3.05) is 0 Å². The summed E-state index contributed by atoms with van der Waals surface area (Å²) in [5.41, 5.74) is -1.22. The lowest BCUT2D eigenvalue weighted by molar-refractivity contribution is 1.27. The smallest absolute Gasteiger partial charge is 0.208 e. The third kappa shape index (κ3) is 1.21. The van der Waals surface area contributed by atoms with Gasteiger partial charge in [-0.2, -0.15) is 0 Å². The zero-order valence-electron chi connectivity index (χ0n) is 5.92. The Kier molecular flexibility index (Phi) is 2.28. The first-order valence-electron chi connectivity index (χ1n) is 2.87. The summed E-state index contributed by atoms with van der Waals surface area (Å²) in [5, 5.41) is 9.27. The van der Waals surface area contributed by atoms with Gasteiger partial charge >= 0.3 is 0 Å². The van der Waals surface area contributed by atoms with Crippen LogP contribution in [0.5, 0.6) is 0 Å². The number of hydrogen-bond donors (Lipinski definition) is 1. The lowest BCUT2D eigenvalue weighted by atomic mass is 10.4. The minimum atomic E-state index is -0.611. The maximum Gasteiger partial charge on any atom is 0.208 e. The van der Waals surface area contributed by atoms with Crippen molar-refractivity contribution in [2.24, 2.45) is 20.7 Å². The van der Waals surface area contributed by atoms with Crippen LogP contribution in [0.3, 0.4) is 0 Å². The molecule has 0 saturated carbocycles. The number of nitrogens with zero attached hydrogens (tertiary/aromatic N) is 4. The van der Waals surface area contributed by atoms with Crippen LogP contribution in [-0.4, -0.2) is 4.98 Å². The van der Waals surface area contributed by atoms with Gasteiger partial charge in [0.1, 0.15) is 0 Å². The Labute approximate surface area is 69.4 Å². The van der Waals surface area contributed by atoms with Gasteiger partial charge in [0.25, 0.3) is 0 Å². The van der Waals surface area contributed by atoms with E-state index < -0.39 is 23.0 Å². The molecule has 0 unspecified atom stereocenters. The first-order chi connectivity index (χ1) is 6.28. The molecule has 0 atom stereocenters. The molecule has 9 heteroatoms. The molecule has 1 aromatic heterocycles. The van der Waals surface area contributed by atoms with E-state index in [1.807, 2.05) is 4.98 Å². The molecule has 0 aliphatic rings. The van der Waals surface area contributed by atoms with Crippen LogP contribution in [0.15, 0.2) is 20.7 Å². The number of rotatable bonds is 4. The summed E-state index contributed by atoms with van der Waals surface area (Å²) in [6, 6.07) is 0. The van der Waals surface area contributed by atoms with E-state index >= 15 is 0 Å². The molecule has 66 valence electrons. The van der Waals surface area contributed by atoms with E-state index in [-0.39, 0.29) is 0 Å². The molecule has 1 aromatic rings. The Balaban J connectivity index is 3.50. The number of nitroso groups, excluding NO2 is 4.